The van der Waals surface area contributed by atoms with Crippen molar-refractivity contribution in [3.63, 3.8) is 0 Å². The maximum Gasteiger partial charge on any atom is 0.472 e. The summed E-state index contributed by atoms with van der Waals surface area (Å²) in [5, 5.41) is 49.9. The van der Waals surface area contributed by atoms with Crippen LogP contribution >= 0.6 is 7.82 Å². The molecular formula is C38H73O12P. The first-order valence-corrected chi connectivity index (χ1v) is 21.5. The highest BCUT2D eigenvalue weighted by Gasteiger charge is 2.51. The summed E-state index contributed by atoms with van der Waals surface area (Å²) in [5.74, 6) is -0.481. The van der Waals surface area contributed by atoms with Gasteiger partial charge in [-0.15, -0.1) is 0 Å². The van der Waals surface area contributed by atoms with Crippen molar-refractivity contribution in [2.45, 2.75) is 204 Å². The lowest BCUT2D eigenvalue weighted by Gasteiger charge is -2.41. The normalized spacial score (nSPS) is 24.2. The van der Waals surface area contributed by atoms with E-state index in [-0.39, 0.29) is 13.0 Å². The van der Waals surface area contributed by atoms with Crippen molar-refractivity contribution in [1.82, 2.24) is 0 Å². The topological polar surface area (TPSA) is 192 Å². The lowest BCUT2D eigenvalue weighted by molar-refractivity contribution is -0.220. The van der Waals surface area contributed by atoms with Gasteiger partial charge in [-0.3, -0.25) is 13.8 Å². The number of allylic oxidation sites excluding steroid dienone is 2. The van der Waals surface area contributed by atoms with E-state index < -0.39 is 63.1 Å². The first-order valence-electron chi connectivity index (χ1n) is 20.0. The number of ether oxygens (including phenoxy) is 2. The fourth-order valence-corrected chi connectivity index (χ4v) is 7.09. The Bertz CT molecular complexity index is 905. The van der Waals surface area contributed by atoms with Crippen molar-refractivity contribution in [2.24, 2.45) is 0 Å². The van der Waals surface area contributed by atoms with Crippen LogP contribution in [0.25, 0.3) is 0 Å². The van der Waals surface area contributed by atoms with Gasteiger partial charge in [0, 0.05) is 13.0 Å². The van der Waals surface area contributed by atoms with Gasteiger partial charge in [-0.2, -0.15) is 0 Å². The molecule has 13 heteroatoms. The molecule has 1 aliphatic rings. The molecule has 1 rings (SSSR count). The lowest BCUT2D eigenvalue weighted by atomic mass is 9.85. The molecule has 12 nitrogen and oxygen atoms in total. The fourth-order valence-electron chi connectivity index (χ4n) is 6.11. The molecule has 0 heterocycles. The minimum absolute atomic E-state index is 0.0765. The number of aliphatic hydroxyl groups is 5. The first kappa shape index (κ1) is 48.1. The molecule has 0 radical (unpaired) electrons. The Kier molecular flexibility index (Phi) is 28.7. The monoisotopic (exact) mass is 752 g/mol. The van der Waals surface area contributed by atoms with E-state index in [1.807, 2.05) is 0 Å². The molecule has 0 bridgehead atoms. The highest BCUT2D eigenvalue weighted by atomic mass is 31.2. The summed E-state index contributed by atoms with van der Waals surface area (Å²) in [5.41, 5.74) is 0. The molecular weight excluding hydrogens is 679 g/mol. The van der Waals surface area contributed by atoms with Gasteiger partial charge in [0.15, 0.2) is 0 Å². The summed E-state index contributed by atoms with van der Waals surface area (Å²) in [7, 11) is -5.00. The average Bonchev–Trinajstić information content (AvgIpc) is 3.11. The predicted molar refractivity (Wildman–Crippen MR) is 198 cm³/mol. The van der Waals surface area contributed by atoms with Gasteiger partial charge in [0.05, 0.1) is 13.2 Å². The second-order valence-electron chi connectivity index (χ2n) is 14.1. The minimum Gasteiger partial charge on any atom is -0.457 e. The molecule has 302 valence electrons. The van der Waals surface area contributed by atoms with Crippen LogP contribution in [0, 0.1) is 0 Å². The lowest BCUT2D eigenvalue weighted by Crippen LogP contribution is -2.64. The molecule has 0 aliphatic heterocycles. The molecule has 0 saturated heterocycles. The molecule has 51 heavy (non-hydrogen) atoms. The van der Waals surface area contributed by atoms with Gasteiger partial charge < -0.3 is 39.9 Å². The Balaban J connectivity index is 2.46. The maximum absolute atomic E-state index is 12.7. The molecule has 6 N–H and O–H groups in total. The van der Waals surface area contributed by atoms with Crippen molar-refractivity contribution in [3.8, 4) is 0 Å². The minimum atomic E-state index is -5.00. The molecule has 1 fully saturated rings. The van der Waals surface area contributed by atoms with E-state index in [0.717, 1.165) is 51.4 Å². The second-order valence-corrected chi connectivity index (χ2v) is 15.5. The molecule has 0 spiro atoms. The standard InChI is InChI=1S/C38H73O12P/c1-3-5-7-9-11-13-15-16-17-18-20-22-24-26-28-47-29-31(49-32(39)27-25-23-21-19-14-12-10-8-6-4-2)30-48-51(45,46)50-38-36(43)34(41)33(40)35(42)37(38)44/h13,15,31,33-38,40-44H,3-12,14,16-30H2,1-2H3,(H,45,46)/b15-13-. The van der Waals surface area contributed by atoms with E-state index in [1.165, 1.54) is 83.5 Å². The van der Waals surface area contributed by atoms with Crippen LogP contribution in [0.2, 0.25) is 0 Å². The Morgan fingerprint density at radius 2 is 1.04 bits per heavy atom. The van der Waals surface area contributed by atoms with E-state index in [1.54, 1.807) is 0 Å². The molecule has 6 atom stereocenters. The number of hydrogen-bond donors (Lipinski definition) is 6. The van der Waals surface area contributed by atoms with Crippen molar-refractivity contribution >= 4 is 13.8 Å². The van der Waals surface area contributed by atoms with E-state index in [4.69, 9.17) is 18.5 Å². The zero-order valence-electron chi connectivity index (χ0n) is 31.7. The van der Waals surface area contributed by atoms with Crippen molar-refractivity contribution in [3.05, 3.63) is 12.2 Å². The van der Waals surface area contributed by atoms with Crippen LogP contribution in [0.1, 0.15) is 162 Å². The number of phosphoric acid groups is 1. The predicted octanol–water partition coefficient (Wildman–Crippen LogP) is 6.80. The van der Waals surface area contributed by atoms with Gasteiger partial charge in [0.2, 0.25) is 0 Å². The number of carbonyl (C=O) groups excluding carboxylic acids is 1. The number of esters is 1. The van der Waals surface area contributed by atoms with Crippen LogP contribution in [-0.2, 0) is 27.9 Å². The molecule has 1 aliphatic carbocycles. The molecule has 0 amide bonds. The molecule has 0 aromatic heterocycles. The SMILES string of the molecule is CCCCCC/C=C\CCCCCCCCOCC(COP(=O)(O)OC1C(O)C(O)C(O)C(O)C1O)OC(=O)CCCCCCCCCCCC. The van der Waals surface area contributed by atoms with Crippen LogP contribution < -0.4 is 0 Å². The van der Waals surface area contributed by atoms with Crippen molar-refractivity contribution in [1.29, 1.82) is 0 Å². The highest BCUT2D eigenvalue weighted by Crippen LogP contribution is 2.47. The number of aliphatic hydroxyl groups excluding tert-OH is 5. The first-order chi connectivity index (χ1) is 24.5. The fraction of sp³-hybridized carbons (Fsp3) is 0.921. The van der Waals surface area contributed by atoms with Gasteiger partial charge in [-0.25, -0.2) is 4.57 Å². The van der Waals surface area contributed by atoms with Crippen molar-refractivity contribution in [2.75, 3.05) is 19.8 Å². The van der Waals surface area contributed by atoms with Gasteiger partial charge in [-0.1, -0.05) is 129 Å². The summed E-state index contributed by atoms with van der Waals surface area (Å²) in [6.45, 7) is 4.20. The smallest absolute Gasteiger partial charge is 0.457 e. The third kappa shape index (κ3) is 23.5. The largest absolute Gasteiger partial charge is 0.472 e. The van der Waals surface area contributed by atoms with Crippen molar-refractivity contribution < 1.29 is 58.3 Å². The summed E-state index contributed by atoms with van der Waals surface area (Å²) in [6, 6.07) is 0. The van der Waals surface area contributed by atoms with Crippen LogP contribution in [0.15, 0.2) is 12.2 Å². The molecule has 1 saturated carbocycles. The van der Waals surface area contributed by atoms with Crippen LogP contribution in [0.5, 0.6) is 0 Å². The van der Waals surface area contributed by atoms with Gasteiger partial charge >= 0.3 is 13.8 Å². The van der Waals surface area contributed by atoms with Crippen LogP contribution in [0.4, 0.5) is 0 Å². The van der Waals surface area contributed by atoms with E-state index in [0.29, 0.717) is 13.0 Å². The zero-order chi connectivity index (χ0) is 37.7. The Morgan fingerprint density at radius 1 is 0.608 bits per heavy atom. The summed E-state index contributed by atoms with van der Waals surface area (Å²) >= 11 is 0. The Labute approximate surface area is 307 Å². The Hall–Kier alpha value is -0.920. The highest BCUT2D eigenvalue weighted by molar-refractivity contribution is 7.47. The van der Waals surface area contributed by atoms with E-state index in [2.05, 4.69) is 26.0 Å². The molecule has 0 aromatic rings. The van der Waals surface area contributed by atoms with Crippen LogP contribution in [0.3, 0.4) is 0 Å². The van der Waals surface area contributed by atoms with Gasteiger partial charge in [0.1, 0.15) is 42.7 Å². The molecule has 6 unspecified atom stereocenters. The maximum atomic E-state index is 12.7. The van der Waals surface area contributed by atoms with Gasteiger partial charge in [0.25, 0.3) is 0 Å². The summed E-state index contributed by atoms with van der Waals surface area (Å²) < 4.78 is 34.0. The zero-order valence-corrected chi connectivity index (χ0v) is 32.6. The third-order valence-corrected chi connectivity index (χ3v) is 10.4. The number of hydrogen-bond acceptors (Lipinski definition) is 11. The Morgan fingerprint density at radius 3 is 1.57 bits per heavy atom. The number of rotatable bonds is 33. The summed E-state index contributed by atoms with van der Waals surface area (Å²) in [4.78, 5) is 23.0. The van der Waals surface area contributed by atoms with E-state index >= 15 is 0 Å². The second kappa shape index (κ2) is 30.4. The van der Waals surface area contributed by atoms with E-state index in [9.17, 15) is 39.8 Å². The number of unbranched alkanes of at least 4 members (excludes halogenated alkanes) is 19. The number of phosphoric ester groups is 1. The number of carbonyl (C=O) groups is 1. The quantitative estimate of drug-likeness (QED) is 0.0178. The third-order valence-electron chi connectivity index (χ3n) is 9.39. The van der Waals surface area contributed by atoms with Gasteiger partial charge in [-0.05, 0) is 38.5 Å². The average molecular weight is 753 g/mol. The van der Waals surface area contributed by atoms with Crippen LogP contribution in [-0.4, -0.2) is 98.9 Å². The summed E-state index contributed by atoms with van der Waals surface area (Å²) in [6.07, 6.45) is 17.2. The molecule has 0 aromatic carbocycles.